The molecular weight excluding hydrogens is 573 g/mol. The fourth-order valence-electron chi connectivity index (χ4n) is 5.80. The van der Waals surface area contributed by atoms with Crippen molar-refractivity contribution in [3.8, 4) is 11.4 Å². The molecule has 1 aliphatic heterocycles. The van der Waals surface area contributed by atoms with E-state index in [9.17, 15) is 0 Å². The monoisotopic (exact) mass is 601 g/mol. The van der Waals surface area contributed by atoms with Crippen LogP contribution in [0.15, 0.2) is 107 Å². The highest BCUT2D eigenvalue weighted by molar-refractivity contribution is 8.04. The van der Waals surface area contributed by atoms with Gasteiger partial charge >= 0.3 is 0 Å². The number of hydrogen-bond donors (Lipinski definition) is 0. The molecule has 0 bridgehead atoms. The van der Waals surface area contributed by atoms with Gasteiger partial charge in [0.25, 0.3) is 5.01 Å². The molecule has 0 saturated heterocycles. The molecule has 0 N–H and O–H groups in total. The van der Waals surface area contributed by atoms with E-state index in [1.54, 1.807) is 23.1 Å². The topological polar surface area (TPSA) is 50.5 Å². The van der Waals surface area contributed by atoms with Crippen LogP contribution in [-0.4, -0.2) is 26.8 Å². The molecule has 0 aliphatic carbocycles. The molecule has 0 spiro atoms. The average Bonchev–Trinajstić information content (AvgIpc) is 3.75. The number of thiazole rings is 1. The molecule has 8 nitrogen and oxygen atoms in total. The first kappa shape index (κ1) is 25.9. The Hall–Kier alpha value is -4.80. The van der Waals surface area contributed by atoms with Crippen LogP contribution in [0.1, 0.15) is 5.01 Å². The zero-order valence-electron chi connectivity index (χ0n) is 24.2. The van der Waals surface area contributed by atoms with Crippen molar-refractivity contribution in [2.24, 2.45) is 21.1 Å². The van der Waals surface area contributed by atoms with E-state index >= 15 is 0 Å². The highest BCUT2D eigenvalue weighted by Gasteiger charge is 2.31. The quantitative estimate of drug-likeness (QED) is 0.262. The third kappa shape index (κ3) is 4.01. The van der Waals surface area contributed by atoms with Crippen LogP contribution >= 0.6 is 23.1 Å². The molecule has 0 saturated carbocycles. The van der Waals surface area contributed by atoms with E-state index in [1.807, 2.05) is 45.0 Å². The number of para-hydroxylation sites is 2. The molecule has 43 heavy (non-hydrogen) atoms. The predicted molar refractivity (Wildman–Crippen MR) is 172 cm³/mol. The van der Waals surface area contributed by atoms with Gasteiger partial charge in [0.15, 0.2) is 27.1 Å². The smallest absolute Gasteiger partial charge is 0.262 e. The fraction of sp³-hybridized carbons (Fsp3) is 0.121. The molecule has 4 heterocycles. The highest BCUT2D eigenvalue weighted by atomic mass is 32.2. The number of nitrogens with zero attached hydrogens (tertiary/aromatic N) is 8. The van der Waals surface area contributed by atoms with Gasteiger partial charge in [-0.2, -0.15) is 4.57 Å². The van der Waals surface area contributed by atoms with Crippen molar-refractivity contribution in [1.29, 1.82) is 0 Å². The second kappa shape index (κ2) is 9.89. The summed E-state index contributed by atoms with van der Waals surface area (Å²) in [7, 11) is 8.27. The number of hydrogen-bond acceptors (Lipinski definition) is 5. The van der Waals surface area contributed by atoms with Crippen LogP contribution in [0.3, 0.4) is 0 Å². The second-order valence-corrected chi connectivity index (χ2v) is 12.7. The van der Waals surface area contributed by atoms with Gasteiger partial charge in [0.2, 0.25) is 16.6 Å². The predicted octanol–water partition coefficient (Wildman–Crippen LogP) is 5.15. The van der Waals surface area contributed by atoms with E-state index in [4.69, 9.17) is 10.4 Å². The summed E-state index contributed by atoms with van der Waals surface area (Å²) in [5, 5.41) is 12.0. The Balaban J connectivity index is 1.18. The van der Waals surface area contributed by atoms with Crippen molar-refractivity contribution >= 4 is 67.1 Å². The second-order valence-electron chi connectivity index (χ2n) is 10.6. The normalized spacial score (nSPS) is 14.3. The largest absolute Gasteiger partial charge is 0.338 e. The van der Waals surface area contributed by atoms with Crippen LogP contribution in [0, 0.1) is 0 Å². The van der Waals surface area contributed by atoms with Crippen molar-refractivity contribution in [2.45, 2.75) is 4.90 Å². The van der Waals surface area contributed by atoms with Crippen LogP contribution in [0.5, 0.6) is 0 Å². The van der Waals surface area contributed by atoms with Crippen LogP contribution in [0.25, 0.3) is 49.7 Å². The molecule has 0 radical (unpaired) electrons. The number of aryl methyl sites for hydroxylation is 3. The summed E-state index contributed by atoms with van der Waals surface area (Å²) in [6.45, 7) is 0. The Labute approximate surface area is 256 Å². The summed E-state index contributed by atoms with van der Waals surface area (Å²) in [5.41, 5.74) is 8.93. The first-order valence-electron chi connectivity index (χ1n) is 14.0. The fourth-order valence-corrected chi connectivity index (χ4v) is 8.18. The van der Waals surface area contributed by atoms with E-state index < -0.39 is 0 Å². The number of benzene rings is 4. The van der Waals surface area contributed by atoms with Gasteiger partial charge in [-0.05, 0) is 48.5 Å². The van der Waals surface area contributed by atoms with Gasteiger partial charge < -0.3 is 4.90 Å². The minimum Gasteiger partial charge on any atom is -0.338 e. The molecule has 0 atom stereocenters. The van der Waals surface area contributed by atoms with Gasteiger partial charge in [-0.1, -0.05) is 74.9 Å². The molecule has 10 heteroatoms. The zero-order valence-corrected chi connectivity index (χ0v) is 25.8. The molecule has 3 aromatic heterocycles. The van der Waals surface area contributed by atoms with Gasteiger partial charge in [0.05, 0.1) is 26.0 Å². The van der Waals surface area contributed by atoms with E-state index in [0.29, 0.717) is 0 Å². The van der Waals surface area contributed by atoms with E-state index in [0.717, 1.165) is 33.4 Å². The Morgan fingerprint density at radius 3 is 1.95 bits per heavy atom. The minimum absolute atomic E-state index is 1.05. The molecule has 7 aromatic rings. The molecular formula is C33H29N8S2+3. The third-order valence-electron chi connectivity index (χ3n) is 8.02. The van der Waals surface area contributed by atoms with Crippen molar-refractivity contribution in [3.63, 3.8) is 0 Å². The number of fused-ring (bicyclic) bond motifs is 6. The first-order chi connectivity index (χ1) is 21.0. The number of aromatic nitrogens is 7. The lowest BCUT2D eigenvalue weighted by Crippen LogP contribution is -2.31. The highest BCUT2D eigenvalue weighted by Crippen LogP contribution is 2.48. The van der Waals surface area contributed by atoms with Gasteiger partial charge in [-0.3, -0.25) is 0 Å². The molecule has 0 amide bonds. The van der Waals surface area contributed by atoms with Crippen molar-refractivity contribution in [1.82, 2.24) is 19.8 Å². The summed E-state index contributed by atoms with van der Waals surface area (Å²) in [4.78, 5) is 3.48. The van der Waals surface area contributed by atoms with Gasteiger partial charge in [0.1, 0.15) is 21.1 Å². The van der Waals surface area contributed by atoms with Crippen LogP contribution < -0.4 is 18.8 Å². The Bertz CT molecular complexity index is 2260. The standard InChI is InChI=1S/C33H29N8S2/c1-36-26-20-18-24-30(40(34-38(24)3)22-12-7-5-8-13-22)32(26)42-28(36)16-11-17-29-37(2)27-21-19-25-31(33(27)43-29)41(35-39(25)4)23-14-9-6-10-15-23/h5-21H,1-4H3/q+3. The van der Waals surface area contributed by atoms with E-state index in [-0.39, 0.29) is 0 Å². The lowest BCUT2D eigenvalue weighted by molar-refractivity contribution is -0.708. The Morgan fingerprint density at radius 1 is 0.698 bits per heavy atom. The molecule has 8 rings (SSSR count). The SMILES string of the molecule is CN1/C(=C/C=C/c2sc3c4c(ccc3[n+]2C)[n+](C)nn4-c2ccccc2)Sc2c1ccc1c2n(-c2ccccc2)n[n+]1C. The zero-order chi connectivity index (χ0) is 29.2. The summed E-state index contributed by atoms with van der Waals surface area (Å²) < 4.78 is 11.5. The van der Waals surface area contributed by atoms with E-state index in [2.05, 4.69) is 115 Å². The van der Waals surface area contributed by atoms with Gasteiger partial charge in [-0.15, -0.1) is 9.36 Å². The summed E-state index contributed by atoms with van der Waals surface area (Å²) >= 11 is 3.58. The van der Waals surface area contributed by atoms with Crippen molar-refractivity contribution < 1.29 is 13.9 Å². The lowest BCUT2D eigenvalue weighted by Gasteiger charge is -2.12. The molecule has 1 aliphatic rings. The van der Waals surface area contributed by atoms with Crippen LogP contribution in [0.2, 0.25) is 0 Å². The maximum Gasteiger partial charge on any atom is 0.262 e. The Kier molecular flexibility index (Phi) is 5.95. The maximum atomic E-state index is 4.83. The molecule has 210 valence electrons. The Morgan fingerprint density at radius 2 is 1.28 bits per heavy atom. The molecule has 4 aromatic carbocycles. The van der Waals surface area contributed by atoms with Gasteiger partial charge in [-0.25, -0.2) is 0 Å². The lowest BCUT2D eigenvalue weighted by atomic mass is 10.2. The summed E-state index contributed by atoms with van der Waals surface area (Å²) in [5.74, 6) is 0. The third-order valence-corrected chi connectivity index (χ3v) is 10.5. The number of anilines is 1. The average molecular weight is 602 g/mol. The minimum atomic E-state index is 1.05. The first-order valence-corrected chi connectivity index (χ1v) is 15.7. The maximum absolute atomic E-state index is 4.83. The summed E-state index contributed by atoms with van der Waals surface area (Å²) in [6, 6.07) is 29.4. The van der Waals surface area contributed by atoms with Gasteiger partial charge in [0, 0.05) is 19.2 Å². The van der Waals surface area contributed by atoms with Crippen molar-refractivity contribution in [2.75, 3.05) is 11.9 Å². The van der Waals surface area contributed by atoms with Crippen molar-refractivity contribution in [3.05, 3.63) is 107 Å². The molecule has 0 unspecified atom stereocenters. The number of thioether (sulfide) groups is 1. The van der Waals surface area contributed by atoms with Crippen LogP contribution in [0.4, 0.5) is 5.69 Å². The summed E-state index contributed by atoms with van der Waals surface area (Å²) in [6.07, 6.45) is 6.56. The van der Waals surface area contributed by atoms with Crippen LogP contribution in [-0.2, 0) is 21.1 Å². The van der Waals surface area contributed by atoms with E-state index in [1.165, 1.54) is 30.8 Å². The molecule has 0 fully saturated rings. The number of allylic oxidation sites excluding steroid dienone is 2. The number of rotatable bonds is 4.